The molecule has 0 aliphatic carbocycles. The van der Waals surface area contributed by atoms with E-state index in [1.807, 2.05) is 125 Å². The van der Waals surface area contributed by atoms with Crippen LogP contribution in [0.2, 0.25) is 0 Å². The molecule has 3 heterocycles. The van der Waals surface area contributed by atoms with Gasteiger partial charge in [0, 0.05) is 22.5 Å². The van der Waals surface area contributed by atoms with E-state index in [-0.39, 0.29) is 11.6 Å². The molecule has 8 bridgehead atoms. The highest BCUT2D eigenvalue weighted by molar-refractivity contribution is 6.29. The summed E-state index contributed by atoms with van der Waals surface area (Å²) >= 11 is 0. The highest BCUT2D eigenvalue weighted by Crippen LogP contribution is 2.33. The van der Waals surface area contributed by atoms with Gasteiger partial charge < -0.3 is 20.1 Å². The number of aliphatic imine (C=N–C) groups is 2. The Hall–Kier alpha value is -6.54. The van der Waals surface area contributed by atoms with E-state index in [0.717, 1.165) is 11.1 Å². The Balaban J connectivity index is 1.47. The molecule has 0 amide bonds. The van der Waals surface area contributed by atoms with Crippen LogP contribution in [-0.2, 0) is 13.2 Å². The zero-order valence-electron chi connectivity index (χ0n) is 29.5. The van der Waals surface area contributed by atoms with E-state index in [1.165, 1.54) is 0 Å². The van der Waals surface area contributed by atoms with Crippen molar-refractivity contribution in [2.75, 3.05) is 10.6 Å². The standard InChI is InChI=1S/C44H38N4O4/c1-27-41-28(2)46-39-20-7-8-21-40(39)48-30(4)42(29(3)47-38-19-6-5-18-37(38)45-27)44(50)34-15-11-17-36(24-34)52-26-32-13-9-12-31(22-32)25-51-35-16-10-14-33(23-35)43(41)49/h5-24,45,48H,25-26H2,1-4H3/b41-27+,42-30+,46-28?,47-29?. The summed E-state index contributed by atoms with van der Waals surface area (Å²) in [5, 5.41) is 6.93. The maximum absolute atomic E-state index is 14.5. The molecule has 0 atom stereocenters. The van der Waals surface area contributed by atoms with Crippen LogP contribution in [0.15, 0.2) is 154 Å². The molecule has 0 saturated carbocycles. The van der Waals surface area contributed by atoms with Gasteiger partial charge in [0.1, 0.15) is 24.7 Å². The summed E-state index contributed by atoms with van der Waals surface area (Å²) in [6.07, 6.45) is 0. The fraction of sp³-hybridized carbons (Fsp3) is 0.136. The molecule has 0 aromatic heterocycles. The predicted molar refractivity (Wildman–Crippen MR) is 208 cm³/mol. The van der Waals surface area contributed by atoms with Crippen molar-refractivity contribution in [2.24, 2.45) is 9.98 Å². The lowest BCUT2D eigenvalue weighted by atomic mass is 9.97. The number of benzene rings is 5. The molecule has 0 fully saturated rings. The van der Waals surface area contributed by atoms with Gasteiger partial charge in [-0.1, -0.05) is 66.7 Å². The second kappa shape index (κ2) is 14.7. The van der Waals surface area contributed by atoms with Crippen LogP contribution in [0.25, 0.3) is 0 Å². The third kappa shape index (κ3) is 7.32. The maximum Gasteiger partial charge on any atom is 0.196 e. The van der Waals surface area contributed by atoms with Crippen molar-refractivity contribution in [3.05, 3.63) is 166 Å². The van der Waals surface area contributed by atoms with Crippen LogP contribution in [0.4, 0.5) is 22.7 Å². The largest absolute Gasteiger partial charge is 0.489 e. The van der Waals surface area contributed by atoms with E-state index >= 15 is 0 Å². The number of rotatable bonds is 0. The van der Waals surface area contributed by atoms with Gasteiger partial charge in [0.2, 0.25) is 0 Å². The Morgan fingerprint density at radius 3 is 1.38 bits per heavy atom. The molecule has 258 valence electrons. The molecule has 8 nitrogen and oxygen atoms in total. The first-order valence-electron chi connectivity index (χ1n) is 17.1. The molecule has 0 spiro atoms. The van der Waals surface area contributed by atoms with Crippen LogP contribution in [0.3, 0.4) is 0 Å². The van der Waals surface area contributed by atoms with Crippen molar-refractivity contribution in [1.29, 1.82) is 0 Å². The molecular weight excluding hydrogens is 649 g/mol. The molecule has 8 heteroatoms. The van der Waals surface area contributed by atoms with Gasteiger partial charge in [-0.2, -0.15) is 0 Å². The number of ketones is 2. The number of ether oxygens (including phenoxy) is 2. The summed E-state index contributed by atoms with van der Waals surface area (Å²) in [4.78, 5) is 39.1. The van der Waals surface area contributed by atoms with Gasteiger partial charge in [0.25, 0.3) is 0 Å². The van der Waals surface area contributed by atoms with Gasteiger partial charge in [0.05, 0.1) is 45.3 Å². The Bertz CT molecular complexity index is 2190. The number of nitrogens with zero attached hydrogens (tertiary/aromatic N) is 2. The SMILES string of the molecule is CC1=Nc2ccccc2N/C(C)=C2/C(=O)c3cccc(c3)OCc3cccc(c3)COc3cccc(c3)C(=O)/C1=C(\C)Nc1ccccc1N=C2C. The highest BCUT2D eigenvalue weighted by atomic mass is 16.5. The topological polar surface area (TPSA) is 101 Å². The summed E-state index contributed by atoms with van der Waals surface area (Å²) in [5.74, 6) is 0.706. The number of carbonyl (C=O) groups is 2. The molecule has 8 rings (SSSR count). The summed E-state index contributed by atoms with van der Waals surface area (Å²) < 4.78 is 12.4. The zero-order chi connectivity index (χ0) is 36.2. The van der Waals surface area contributed by atoms with Gasteiger partial charge in [-0.25, -0.2) is 0 Å². The highest BCUT2D eigenvalue weighted by Gasteiger charge is 2.23. The van der Waals surface area contributed by atoms with Crippen molar-refractivity contribution in [1.82, 2.24) is 0 Å². The van der Waals surface area contributed by atoms with E-state index in [4.69, 9.17) is 19.5 Å². The van der Waals surface area contributed by atoms with E-state index in [9.17, 15) is 9.59 Å². The van der Waals surface area contributed by atoms with Crippen LogP contribution in [0, 0.1) is 0 Å². The number of fused-ring (bicyclic) bond motifs is 4. The van der Waals surface area contributed by atoms with Crippen LogP contribution < -0.4 is 20.1 Å². The number of hydrogen-bond acceptors (Lipinski definition) is 8. The Morgan fingerprint density at radius 1 is 0.500 bits per heavy atom. The van der Waals surface area contributed by atoms with Gasteiger partial charge in [0.15, 0.2) is 11.6 Å². The quantitative estimate of drug-likeness (QED) is 0.168. The van der Waals surface area contributed by atoms with Crippen molar-refractivity contribution < 1.29 is 19.1 Å². The number of nitrogens with one attached hydrogen (secondary N) is 2. The number of allylic oxidation sites excluding steroid dienone is 4. The predicted octanol–water partition coefficient (Wildman–Crippen LogP) is 10.2. The lowest BCUT2D eigenvalue weighted by Crippen LogP contribution is -2.18. The Kier molecular flexibility index (Phi) is 9.62. The number of Topliss-reactive ketones (excluding diaryl/α,β-unsaturated/α-hetero) is 2. The molecule has 2 N–H and O–H groups in total. The van der Waals surface area contributed by atoms with Gasteiger partial charge in [-0.15, -0.1) is 0 Å². The van der Waals surface area contributed by atoms with Crippen molar-refractivity contribution in [3.8, 4) is 11.5 Å². The summed E-state index contributed by atoms with van der Waals surface area (Å²) in [6.45, 7) is 7.98. The van der Waals surface area contributed by atoms with Crippen LogP contribution in [0.1, 0.15) is 59.5 Å². The smallest absolute Gasteiger partial charge is 0.196 e. The normalized spacial score (nSPS) is 17.9. The monoisotopic (exact) mass is 686 g/mol. The van der Waals surface area contributed by atoms with E-state index in [2.05, 4.69) is 10.6 Å². The van der Waals surface area contributed by atoms with Crippen LogP contribution in [-0.4, -0.2) is 23.0 Å². The third-order valence-corrected chi connectivity index (χ3v) is 8.95. The molecule has 0 unspecified atom stereocenters. The minimum Gasteiger partial charge on any atom is -0.489 e. The second-order valence-corrected chi connectivity index (χ2v) is 12.8. The first kappa shape index (κ1) is 33.9. The van der Waals surface area contributed by atoms with E-state index in [0.29, 0.717) is 92.6 Å². The van der Waals surface area contributed by atoms with Crippen LogP contribution >= 0.6 is 0 Å². The van der Waals surface area contributed by atoms with Crippen molar-refractivity contribution in [2.45, 2.75) is 40.9 Å². The first-order chi connectivity index (χ1) is 25.2. The first-order valence-corrected chi connectivity index (χ1v) is 17.1. The van der Waals surface area contributed by atoms with Gasteiger partial charge in [-0.3, -0.25) is 19.6 Å². The maximum atomic E-state index is 14.5. The molecule has 3 aliphatic heterocycles. The number of carbonyl (C=O) groups excluding carboxylic acids is 2. The average Bonchev–Trinajstić information content (AvgIpc) is 3.14. The molecule has 0 saturated heterocycles. The fourth-order valence-electron chi connectivity index (χ4n) is 6.45. The minimum atomic E-state index is -0.213. The Morgan fingerprint density at radius 2 is 0.923 bits per heavy atom. The number of anilines is 2. The lowest BCUT2D eigenvalue weighted by molar-refractivity contribution is 0.103. The second-order valence-electron chi connectivity index (χ2n) is 12.8. The summed E-state index contributed by atoms with van der Waals surface area (Å²) in [7, 11) is 0. The van der Waals surface area contributed by atoms with Gasteiger partial charge in [-0.05, 0) is 93.4 Å². The number of para-hydroxylation sites is 4. The van der Waals surface area contributed by atoms with Gasteiger partial charge >= 0.3 is 0 Å². The molecule has 5 aromatic rings. The van der Waals surface area contributed by atoms with Crippen molar-refractivity contribution >= 4 is 45.7 Å². The minimum absolute atomic E-state index is 0.213. The zero-order valence-corrected chi connectivity index (χ0v) is 29.5. The van der Waals surface area contributed by atoms with E-state index < -0.39 is 0 Å². The molecular formula is C44H38N4O4. The fourth-order valence-corrected chi connectivity index (χ4v) is 6.45. The molecule has 0 radical (unpaired) electrons. The lowest BCUT2D eigenvalue weighted by Gasteiger charge is -2.19. The number of hydrogen-bond donors (Lipinski definition) is 2. The summed E-state index contributed by atoms with van der Waals surface area (Å²) in [6, 6.07) is 37.5. The van der Waals surface area contributed by atoms with Crippen LogP contribution in [0.5, 0.6) is 11.5 Å². The third-order valence-electron chi connectivity index (χ3n) is 8.95. The molecule has 52 heavy (non-hydrogen) atoms. The molecule has 3 aliphatic rings. The van der Waals surface area contributed by atoms with Crippen molar-refractivity contribution in [3.63, 3.8) is 0 Å². The van der Waals surface area contributed by atoms with E-state index in [1.54, 1.807) is 24.3 Å². The average molecular weight is 687 g/mol. The summed E-state index contributed by atoms with van der Waals surface area (Å²) in [5.41, 5.74) is 8.38. The Labute approximate surface area is 303 Å². The molecule has 5 aromatic carbocycles.